The molecule has 0 bridgehead atoms. The van der Waals surface area contributed by atoms with Gasteiger partial charge < -0.3 is 14.8 Å². The number of carbonyl (C=O) groups is 2. The van der Waals surface area contributed by atoms with Gasteiger partial charge >= 0.3 is 0 Å². The van der Waals surface area contributed by atoms with Crippen LogP contribution in [0.1, 0.15) is 37.6 Å². The number of hydrogen-bond donors (Lipinski definition) is 1. The summed E-state index contributed by atoms with van der Waals surface area (Å²) in [5.41, 5.74) is 1.28. The van der Waals surface area contributed by atoms with Gasteiger partial charge in [0.15, 0.2) is 17.3 Å². The van der Waals surface area contributed by atoms with E-state index in [-0.39, 0.29) is 23.9 Å². The molecule has 0 unspecified atom stereocenters. The molecule has 1 aliphatic rings. The lowest BCUT2D eigenvalue weighted by Gasteiger charge is -2.17. The van der Waals surface area contributed by atoms with E-state index < -0.39 is 0 Å². The number of hydrogen-bond acceptors (Lipinski definition) is 5. The van der Waals surface area contributed by atoms with Crippen LogP contribution in [0.4, 0.5) is 5.69 Å². The topological polar surface area (TPSA) is 64.6 Å². The summed E-state index contributed by atoms with van der Waals surface area (Å²) in [5, 5.41) is 2.92. The molecule has 142 valence electrons. The SMILES string of the molecule is CC(C)(C)CC(=O)Nc1cccc(SCC(=O)c2ccc3c(c2)OCO3)c1. The van der Waals surface area contributed by atoms with Crippen molar-refractivity contribution in [3.05, 3.63) is 48.0 Å². The second-order valence-electron chi connectivity index (χ2n) is 7.59. The number of fused-ring (bicyclic) bond motifs is 1. The number of amides is 1. The van der Waals surface area contributed by atoms with Crippen molar-refractivity contribution in [2.45, 2.75) is 32.1 Å². The van der Waals surface area contributed by atoms with Crippen LogP contribution in [0.5, 0.6) is 11.5 Å². The van der Waals surface area contributed by atoms with Gasteiger partial charge in [0.25, 0.3) is 0 Å². The van der Waals surface area contributed by atoms with Crippen LogP contribution >= 0.6 is 11.8 Å². The van der Waals surface area contributed by atoms with Crippen LogP contribution in [0.15, 0.2) is 47.4 Å². The molecular weight excluding hydrogens is 362 g/mol. The molecule has 5 nitrogen and oxygen atoms in total. The number of nitrogens with one attached hydrogen (secondary N) is 1. The normalized spacial score (nSPS) is 12.7. The van der Waals surface area contributed by atoms with Gasteiger partial charge in [-0.25, -0.2) is 0 Å². The molecule has 0 saturated heterocycles. The quantitative estimate of drug-likeness (QED) is 0.573. The lowest BCUT2D eigenvalue weighted by atomic mass is 9.92. The molecule has 1 aliphatic heterocycles. The van der Waals surface area contributed by atoms with Crippen LogP contribution in [0, 0.1) is 5.41 Å². The van der Waals surface area contributed by atoms with E-state index in [0.29, 0.717) is 29.2 Å². The van der Waals surface area contributed by atoms with Crippen LogP contribution in [-0.4, -0.2) is 24.2 Å². The summed E-state index contributed by atoms with van der Waals surface area (Å²) in [6, 6.07) is 12.8. The minimum Gasteiger partial charge on any atom is -0.454 e. The Labute approximate surface area is 163 Å². The van der Waals surface area contributed by atoms with Crippen molar-refractivity contribution in [3.8, 4) is 11.5 Å². The highest BCUT2D eigenvalue weighted by molar-refractivity contribution is 8.00. The number of rotatable bonds is 6. The molecule has 0 radical (unpaired) electrons. The second kappa shape index (κ2) is 8.05. The lowest BCUT2D eigenvalue weighted by Crippen LogP contribution is -2.19. The Hall–Kier alpha value is -2.47. The number of carbonyl (C=O) groups excluding carboxylic acids is 2. The van der Waals surface area contributed by atoms with Crippen molar-refractivity contribution < 1.29 is 19.1 Å². The Balaban J connectivity index is 1.58. The standard InChI is InChI=1S/C21H23NO4S/c1-21(2,3)11-20(24)22-15-5-4-6-16(10-15)27-12-17(23)14-7-8-18-19(9-14)26-13-25-18/h4-10H,11-13H2,1-3H3,(H,22,24). The molecule has 1 amide bonds. The number of ketones is 1. The zero-order chi connectivity index (χ0) is 19.4. The maximum atomic E-state index is 12.5. The maximum Gasteiger partial charge on any atom is 0.231 e. The molecule has 27 heavy (non-hydrogen) atoms. The number of ether oxygens (including phenoxy) is 2. The summed E-state index contributed by atoms with van der Waals surface area (Å²) in [7, 11) is 0. The van der Waals surface area contributed by atoms with Crippen molar-refractivity contribution in [3.63, 3.8) is 0 Å². The minimum atomic E-state index is -0.0620. The van der Waals surface area contributed by atoms with Gasteiger partial charge in [-0.2, -0.15) is 0 Å². The third-order valence-corrected chi connectivity index (χ3v) is 4.87. The van der Waals surface area contributed by atoms with Crippen molar-refractivity contribution in [2.24, 2.45) is 5.41 Å². The fourth-order valence-corrected chi connectivity index (χ4v) is 3.50. The van der Waals surface area contributed by atoms with Crippen LogP contribution < -0.4 is 14.8 Å². The number of Topliss-reactive ketones (excluding diaryl/α,β-unsaturated/α-hetero) is 1. The summed E-state index contributed by atoms with van der Waals surface area (Å²) in [5.74, 6) is 1.58. The third kappa shape index (κ3) is 5.50. The monoisotopic (exact) mass is 385 g/mol. The van der Waals surface area contributed by atoms with Gasteiger partial charge in [0.2, 0.25) is 12.7 Å². The fraction of sp³-hybridized carbons (Fsp3) is 0.333. The zero-order valence-corrected chi connectivity index (χ0v) is 16.5. The first-order valence-corrected chi connectivity index (χ1v) is 9.74. The van der Waals surface area contributed by atoms with E-state index in [1.165, 1.54) is 11.8 Å². The Kier molecular flexibility index (Phi) is 5.75. The Bertz CT molecular complexity index is 858. The molecule has 0 aliphatic carbocycles. The van der Waals surface area contributed by atoms with E-state index in [4.69, 9.17) is 9.47 Å². The molecule has 1 N–H and O–H groups in total. The highest BCUT2D eigenvalue weighted by Crippen LogP contribution is 2.33. The maximum absolute atomic E-state index is 12.5. The highest BCUT2D eigenvalue weighted by Gasteiger charge is 2.17. The van der Waals surface area contributed by atoms with Crippen molar-refractivity contribution in [2.75, 3.05) is 17.9 Å². The van der Waals surface area contributed by atoms with Gasteiger partial charge in [-0.05, 0) is 41.8 Å². The van der Waals surface area contributed by atoms with Gasteiger partial charge in [-0.15, -0.1) is 11.8 Å². The van der Waals surface area contributed by atoms with Gasteiger partial charge in [-0.1, -0.05) is 26.8 Å². The number of anilines is 1. The predicted molar refractivity (Wildman–Crippen MR) is 107 cm³/mol. The van der Waals surface area contributed by atoms with Gasteiger partial charge in [0.05, 0.1) is 5.75 Å². The summed E-state index contributed by atoms with van der Waals surface area (Å²) < 4.78 is 10.6. The van der Waals surface area contributed by atoms with E-state index in [0.717, 1.165) is 10.6 Å². The van der Waals surface area contributed by atoms with Crippen molar-refractivity contribution in [1.29, 1.82) is 0 Å². The molecule has 2 aromatic carbocycles. The molecule has 0 spiro atoms. The minimum absolute atomic E-state index is 0.0129. The van der Waals surface area contributed by atoms with Gasteiger partial charge in [0.1, 0.15) is 0 Å². The van der Waals surface area contributed by atoms with E-state index in [1.807, 2.05) is 45.0 Å². The Morgan fingerprint density at radius 2 is 1.85 bits per heavy atom. The zero-order valence-electron chi connectivity index (χ0n) is 15.7. The van der Waals surface area contributed by atoms with Crippen LogP contribution in [-0.2, 0) is 4.79 Å². The summed E-state index contributed by atoms with van der Waals surface area (Å²) in [6.07, 6.45) is 0.451. The summed E-state index contributed by atoms with van der Waals surface area (Å²) >= 11 is 1.44. The summed E-state index contributed by atoms with van der Waals surface area (Å²) in [6.45, 7) is 6.28. The first kappa shape index (κ1) is 19.3. The van der Waals surface area contributed by atoms with Crippen LogP contribution in [0.2, 0.25) is 0 Å². The Morgan fingerprint density at radius 3 is 2.63 bits per heavy atom. The molecular formula is C21H23NO4S. The third-order valence-electron chi connectivity index (χ3n) is 3.87. The second-order valence-corrected chi connectivity index (χ2v) is 8.64. The average Bonchev–Trinajstić information content (AvgIpc) is 3.06. The average molecular weight is 385 g/mol. The first-order chi connectivity index (χ1) is 12.8. The summed E-state index contributed by atoms with van der Waals surface area (Å²) in [4.78, 5) is 25.5. The molecule has 1 heterocycles. The van der Waals surface area contributed by atoms with E-state index in [2.05, 4.69) is 5.32 Å². The first-order valence-electron chi connectivity index (χ1n) is 8.76. The largest absolute Gasteiger partial charge is 0.454 e. The molecule has 0 aromatic heterocycles. The number of thioether (sulfide) groups is 1. The van der Waals surface area contributed by atoms with Gasteiger partial charge in [0, 0.05) is 22.6 Å². The highest BCUT2D eigenvalue weighted by atomic mass is 32.2. The molecule has 3 rings (SSSR count). The smallest absolute Gasteiger partial charge is 0.231 e. The van der Waals surface area contributed by atoms with E-state index in [1.54, 1.807) is 18.2 Å². The predicted octanol–water partition coefficient (Wildman–Crippen LogP) is 4.77. The van der Waals surface area contributed by atoms with Crippen LogP contribution in [0.3, 0.4) is 0 Å². The Morgan fingerprint density at radius 1 is 1.07 bits per heavy atom. The molecule has 0 atom stereocenters. The van der Waals surface area contributed by atoms with E-state index in [9.17, 15) is 9.59 Å². The van der Waals surface area contributed by atoms with Crippen molar-refractivity contribution >= 4 is 29.1 Å². The van der Waals surface area contributed by atoms with Crippen molar-refractivity contribution in [1.82, 2.24) is 0 Å². The van der Waals surface area contributed by atoms with E-state index >= 15 is 0 Å². The molecule has 6 heteroatoms. The molecule has 0 saturated carbocycles. The lowest BCUT2D eigenvalue weighted by molar-refractivity contribution is -0.117. The van der Waals surface area contributed by atoms with Crippen LogP contribution in [0.25, 0.3) is 0 Å². The molecule has 0 fully saturated rings. The fourth-order valence-electron chi connectivity index (χ4n) is 2.65. The number of benzene rings is 2. The van der Waals surface area contributed by atoms with Gasteiger partial charge in [-0.3, -0.25) is 9.59 Å². The molecule has 2 aromatic rings.